The molecule has 0 bridgehead atoms. The van der Waals surface area contributed by atoms with Crippen LogP contribution in [0.3, 0.4) is 0 Å². The van der Waals surface area contributed by atoms with E-state index in [1.54, 1.807) is 0 Å². The Balaban J connectivity index is 2.41. The summed E-state index contributed by atoms with van der Waals surface area (Å²) >= 11 is 4.10. The van der Waals surface area contributed by atoms with Gasteiger partial charge < -0.3 is 10.5 Å². The van der Waals surface area contributed by atoms with E-state index in [1.165, 1.54) is 5.56 Å². The van der Waals surface area contributed by atoms with Gasteiger partial charge in [0.2, 0.25) is 0 Å². The second-order valence-electron chi connectivity index (χ2n) is 3.84. The molecule has 90 valence electrons. The van der Waals surface area contributed by atoms with Gasteiger partial charge in [0.15, 0.2) is 0 Å². The summed E-state index contributed by atoms with van der Waals surface area (Å²) in [5.74, 6) is 1.69. The minimum absolute atomic E-state index is 0.178. The lowest BCUT2D eigenvalue weighted by molar-refractivity contribution is 0.287. The van der Waals surface area contributed by atoms with Gasteiger partial charge in [0.1, 0.15) is 12.5 Å². The van der Waals surface area contributed by atoms with Crippen LogP contribution < -0.4 is 15.8 Å². The number of nitrogens with one attached hydrogen (secondary N) is 1. The Morgan fingerprint density at radius 1 is 1.50 bits per heavy atom. The molecule has 1 aromatic rings. The van der Waals surface area contributed by atoms with E-state index in [0.717, 1.165) is 24.5 Å². The average molecular weight is 240 g/mol. The highest BCUT2D eigenvalue weighted by atomic mass is 32.1. The second-order valence-corrected chi connectivity index (χ2v) is 4.29. The van der Waals surface area contributed by atoms with Crippen LogP contribution in [0.25, 0.3) is 0 Å². The molecule has 1 aromatic carbocycles. The molecule has 1 atom stereocenters. The smallest absolute Gasteiger partial charge is 0.139 e. The van der Waals surface area contributed by atoms with Crippen LogP contribution in [0.2, 0.25) is 0 Å². The van der Waals surface area contributed by atoms with Crippen molar-refractivity contribution in [1.82, 2.24) is 5.32 Å². The summed E-state index contributed by atoms with van der Waals surface area (Å²) in [6.45, 7) is 3.37. The van der Waals surface area contributed by atoms with Gasteiger partial charge in [-0.15, -0.1) is 0 Å². The van der Waals surface area contributed by atoms with Crippen molar-refractivity contribution in [2.24, 2.45) is 5.73 Å². The lowest BCUT2D eigenvalue weighted by Gasteiger charge is -2.09. The van der Waals surface area contributed by atoms with Crippen molar-refractivity contribution in [3.63, 3.8) is 0 Å². The van der Waals surface area contributed by atoms with Crippen LogP contribution in [0.4, 0.5) is 0 Å². The molecular weight excluding hydrogens is 220 g/mol. The topological polar surface area (TPSA) is 47.3 Å². The Hall–Kier alpha value is -0.710. The third-order valence-corrected chi connectivity index (χ3v) is 2.31. The molecule has 3 N–H and O–H groups in total. The van der Waals surface area contributed by atoms with E-state index in [-0.39, 0.29) is 6.04 Å². The Morgan fingerprint density at radius 3 is 3.00 bits per heavy atom. The predicted octanol–water partition coefficient (Wildman–Crippen LogP) is 1.43. The zero-order valence-electron chi connectivity index (χ0n) is 9.65. The van der Waals surface area contributed by atoms with Crippen molar-refractivity contribution in [2.75, 3.05) is 19.0 Å². The Bertz CT molecular complexity index is 305. The number of rotatable bonds is 7. The minimum Gasteiger partial charge on any atom is -0.478 e. The van der Waals surface area contributed by atoms with Gasteiger partial charge in [-0.25, -0.2) is 0 Å². The Morgan fingerprint density at radius 2 is 2.31 bits per heavy atom. The molecule has 0 aliphatic carbocycles. The highest BCUT2D eigenvalue weighted by Crippen LogP contribution is 2.13. The fraction of sp³-hybridized carbons (Fsp3) is 0.500. The van der Waals surface area contributed by atoms with Gasteiger partial charge in [-0.3, -0.25) is 5.32 Å². The number of hydrogen-bond acceptors (Lipinski definition) is 4. The highest BCUT2D eigenvalue weighted by Gasteiger charge is 1.99. The SMILES string of the molecule is C[C@@H](N)Cc1cccc(OCNCCS)c1. The molecule has 3 nitrogen and oxygen atoms in total. The molecule has 1 rings (SSSR count). The van der Waals surface area contributed by atoms with Gasteiger partial charge in [0.25, 0.3) is 0 Å². The van der Waals surface area contributed by atoms with E-state index in [2.05, 4.69) is 24.0 Å². The number of ether oxygens (including phenoxy) is 1. The van der Waals surface area contributed by atoms with Crippen molar-refractivity contribution in [1.29, 1.82) is 0 Å². The minimum atomic E-state index is 0.178. The number of nitrogens with two attached hydrogens (primary N) is 1. The predicted molar refractivity (Wildman–Crippen MR) is 71.1 cm³/mol. The number of benzene rings is 1. The van der Waals surface area contributed by atoms with Crippen LogP contribution in [-0.4, -0.2) is 25.1 Å². The quantitative estimate of drug-likeness (QED) is 0.384. The van der Waals surface area contributed by atoms with E-state index < -0.39 is 0 Å². The fourth-order valence-electron chi connectivity index (χ4n) is 1.42. The van der Waals surface area contributed by atoms with Crippen LogP contribution in [0.15, 0.2) is 24.3 Å². The summed E-state index contributed by atoms with van der Waals surface area (Å²) in [7, 11) is 0. The number of hydrogen-bond donors (Lipinski definition) is 3. The molecule has 0 unspecified atom stereocenters. The van der Waals surface area contributed by atoms with Crippen molar-refractivity contribution >= 4 is 12.6 Å². The first-order valence-electron chi connectivity index (χ1n) is 5.51. The summed E-state index contributed by atoms with van der Waals surface area (Å²) in [6, 6.07) is 8.22. The molecule has 0 aromatic heterocycles. The molecule has 4 heteroatoms. The van der Waals surface area contributed by atoms with Crippen LogP contribution in [0.1, 0.15) is 12.5 Å². The molecule has 0 radical (unpaired) electrons. The average Bonchev–Trinajstić information content (AvgIpc) is 2.24. The molecule has 0 spiro atoms. The van der Waals surface area contributed by atoms with E-state index >= 15 is 0 Å². The maximum Gasteiger partial charge on any atom is 0.139 e. The molecule has 0 aliphatic heterocycles. The molecule has 0 saturated heterocycles. The molecule has 0 amide bonds. The fourth-order valence-corrected chi connectivity index (χ4v) is 1.58. The molecule has 16 heavy (non-hydrogen) atoms. The molecule has 0 saturated carbocycles. The van der Waals surface area contributed by atoms with Gasteiger partial charge in [-0.1, -0.05) is 12.1 Å². The van der Waals surface area contributed by atoms with Crippen LogP contribution in [0, 0.1) is 0 Å². The lowest BCUT2D eigenvalue weighted by Crippen LogP contribution is -2.22. The third kappa shape index (κ3) is 5.39. The normalized spacial score (nSPS) is 12.4. The van der Waals surface area contributed by atoms with Gasteiger partial charge in [0.05, 0.1) is 0 Å². The van der Waals surface area contributed by atoms with E-state index in [4.69, 9.17) is 10.5 Å². The Labute approximate surface area is 103 Å². The van der Waals surface area contributed by atoms with Crippen molar-refractivity contribution in [3.8, 4) is 5.75 Å². The molecule has 0 aliphatic rings. The van der Waals surface area contributed by atoms with Gasteiger partial charge >= 0.3 is 0 Å². The van der Waals surface area contributed by atoms with E-state index in [0.29, 0.717) is 6.73 Å². The zero-order chi connectivity index (χ0) is 11.8. The summed E-state index contributed by atoms with van der Waals surface area (Å²) in [6.07, 6.45) is 0.876. The molecule has 0 fully saturated rings. The largest absolute Gasteiger partial charge is 0.478 e. The van der Waals surface area contributed by atoms with Crippen LogP contribution in [-0.2, 0) is 6.42 Å². The first kappa shape index (κ1) is 13.4. The Kier molecular flexibility index (Phi) is 6.30. The van der Waals surface area contributed by atoms with Crippen LogP contribution >= 0.6 is 12.6 Å². The first-order valence-corrected chi connectivity index (χ1v) is 6.14. The van der Waals surface area contributed by atoms with E-state index in [1.807, 2.05) is 25.1 Å². The summed E-state index contributed by atoms with van der Waals surface area (Å²) < 4.78 is 5.54. The van der Waals surface area contributed by atoms with E-state index in [9.17, 15) is 0 Å². The monoisotopic (exact) mass is 240 g/mol. The maximum absolute atomic E-state index is 5.75. The lowest BCUT2D eigenvalue weighted by atomic mass is 10.1. The van der Waals surface area contributed by atoms with Gasteiger partial charge in [0, 0.05) is 18.3 Å². The second kappa shape index (κ2) is 7.54. The molecule has 0 heterocycles. The van der Waals surface area contributed by atoms with Crippen molar-refractivity contribution in [2.45, 2.75) is 19.4 Å². The summed E-state index contributed by atoms with van der Waals surface area (Å²) in [5, 5.41) is 3.12. The van der Waals surface area contributed by atoms with Crippen LogP contribution in [0.5, 0.6) is 5.75 Å². The standard InChI is InChI=1S/C12H20N2OS/c1-10(13)7-11-3-2-4-12(8-11)15-9-14-5-6-16/h2-4,8,10,14,16H,5-7,9,13H2,1H3/t10-/m1/s1. The van der Waals surface area contributed by atoms with Crippen molar-refractivity contribution < 1.29 is 4.74 Å². The number of thiol groups is 1. The third-order valence-electron chi connectivity index (χ3n) is 2.09. The highest BCUT2D eigenvalue weighted by molar-refractivity contribution is 7.80. The summed E-state index contributed by atoms with van der Waals surface area (Å²) in [5.41, 5.74) is 6.96. The first-order chi connectivity index (χ1) is 7.72. The summed E-state index contributed by atoms with van der Waals surface area (Å²) in [4.78, 5) is 0. The van der Waals surface area contributed by atoms with Crippen molar-refractivity contribution in [3.05, 3.63) is 29.8 Å². The molecular formula is C12H20N2OS. The van der Waals surface area contributed by atoms with Gasteiger partial charge in [-0.2, -0.15) is 12.6 Å². The maximum atomic E-state index is 5.75. The van der Waals surface area contributed by atoms with Gasteiger partial charge in [-0.05, 0) is 31.0 Å². The zero-order valence-corrected chi connectivity index (χ0v) is 10.5.